The van der Waals surface area contributed by atoms with Gasteiger partial charge in [-0.3, -0.25) is 0 Å². The van der Waals surface area contributed by atoms with Crippen molar-refractivity contribution in [1.29, 1.82) is 0 Å². The predicted octanol–water partition coefficient (Wildman–Crippen LogP) is 2.79. The van der Waals surface area contributed by atoms with Gasteiger partial charge in [0.1, 0.15) is 0 Å². The summed E-state index contributed by atoms with van der Waals surface area (Å²) in [5.74, 6) is 0.185. The fourth-order valence-electron chi connectivity index (χ4n) is 1.02. The number of azo groups is 1. The third-order valence-corrected chi connectivity index (χ3v) is 2.34. The van der Waals surface area contributed by atoms with Gasteiger partial charge in [-0.05, 0) is 22.9 Å². The van der Waals surface area contributed by atoms with Crippen LogP contribution in [0.3, 0.4) is 0 Å². The van der Waals surface area contributed by atoms with Gasteiger partial charge in [0.2, 0.25) is 0 Å². The summed E-state index contributed by atoms with van der Waals surface area (Å²) in [6.07, 6.45) is 0. The summed E-state index contributed by atoms with van der Waals surface area (Å²) in [7, 11) is 0. The Morgan fingerprint density at radius 1 is 1.31 bits per heavy atom. The molecule has 0 radical (unpaired) electrons. The maximum atomic E-state index is 5.95. The van der Waals surface area contributed by atoms with Gasteiger partial charge in [-0.1, -0.05) is 34.4 Å². The van der Waals surface area contributed by atoms with Gasteiger partial charge < -0.3 is 0 Å². The van der Waals surface area contributed by atoms with Crippen molar-refractivity contribution >= 4 is 29.2 Å². The summed E-state index contributed by atoms with van der Waals surface area (Å²) in [6, 6.07) is 5.19. The quantitative estimate of drug-likeness (QED) is 0.858. The predicted molar refractivity (Wildman–Crippen MR) is 58.9 cm³/mol. The molecule has 82 valence electrons. The fourth-order valence-corrected chi connectivity index (χ4v) is 1.49. The van der Waals surface area contributed by atoms with Crippen molar-refractivity contribution in [3.63, 3.8) is 0 Å². The van der Waals surface area contributed by atoms with E-state index >= 15 is 0 Å². The highest BCUT2D eigenvalue weighted by molar-refractivity contribution is 6.35. The number of nitrogens with zero attached hydrogens (tertiary/aromatic N) is 5. The molecule has 1 aromatic heterocycles. The molecule has 16 heavy (non-hydrogen) atoms. The van der Waals surface area contributed by atoms with E-state index in [9.17, 15) is 0 Å². The average Bonchev–Trinajstić information content (AvgIpc) is 2.74. The second-order valence-electron chi connectivity index (χ2n) is 2.85. The molecule has 0 aliphatic carbocycles. The number of aromatic nitrogens is 4. The zero-order chi connectivity index (χ0) is 11.4. The Kier molecular flexibility index (Phi) is 3.43. The van der Waals surface area contributed by atoms with Crippen LogP contribution in [0.5, 0.6) is 0 Å². The Bertz CT molecular complexity index is 495. The number of nitrogens with one attached hydrogen (secondary N) is 1. The van der Waals surface area contributed by atoms with E-state index in [1.54, 1.807) is 18.2 Å². The molecule has 0 unspecified atom stereocenters. The first-order chi connectivity index (χ1) is 7.75. The fraction of sp³-hybridized carbons (Fsp3) is 0.125. The van der Waals surface area contributed by atoms with E-state index in [-0.39, 0.29) is 5.95 Å². The van der Waals surface area contributed by atoms with Crippen molar-refractivity contribution < 1.29 is 0 Å². The highest BCUT2D eigenvalue weighted by Gasteiger charge is 2.00. The van der Waals surface area contributed by atoms with Crippen molar-refractivity contribution in [2.24, 2.45) is 10.2 Å². The molecule has 0 amide bonds. The maximum Gasteiger partial charge on any atom is 0.307 e. The van der Waals surface area contributed by atoms with E-state index in [0.717, 1.165) is 5.56 Å². The van der Waals surface area contributed by atoms with E-state index in [1.807, 2.05) is 0 Å². The van der Waals surface area contributed by atoms with Crippen molar-refractivity contribution in [3.8, 4) is 0 Å². The SMILES string of the molecule is Clc1ccc(CN=Nc2nn[nH]n2)c(Cl)c1. The second kappa shape index (κ2) is 5.00. The van der Waals surface area contributed by atoms with Crippen LogP contribution >= 0.6 is 23.2 Å². The van der Waals surface area contributed by atoms with E-state index in [0.29, 0.717) is 16.6 Å². The number of hydrogen-bond donors (Lipinski definition) is 1. The number of hydrogen-bond acceptors (Lipinski definition) is 5. The monoisotopic (exact) mass is 256 g/mol. The van der Waals surface area contributed by atoms with Crippen molar-refractivity contribution in [2.45, 2.75) is 6.54 Å². The molecule has 0 saturated carbocycles. The largest absolute Gasteiger partial charge is 0.307 e. The van der Waals surface area contributed by atoms with E-state index < -0.39 is 0 Å². The van der Waals surface area contributed by atoms with Gasteiger partial charge in [-0.2, -0.15) is 10.3 Å². The molecule has 2 aromatic rings. The van der Waals surface area contributed by atoms with Gasteiger partial charge >= 0.3 is 5.95 Å². The summed E-state index contributed by atoms with van der Waals surface area (Å²) in [4.78, 5) is 0. The Morgan fingerprint density at radius 3 is 2.88 bits per heavy atom. The molecule has 1 N–H and O–H groups in total. The number of benzene rings is 1. The van der Waals surface area contributed by atoms with Crippen LogP contribution in [0.2, 0.25) is 10.0 Å². The van der Waals surface area contributed by atoms with E-state index in [1.165, 1.54) is 0 Å². The summed E-state index contributed by atoms with van der Waals surface area (Å²) in [5.41, 5.74) is 0.832. The number of halogens is 2. The number of H-pyrrole nitrogens is 1. The van der Waals surface area contributed by atoms with Crippen LogP contribution in [-0.2, 0) is 6.54 Å². The summed E-state index contributed by atoms with van der Waals surface area (Å²) >= 11 is 11.7. The third-order valence-electron chi connectivity index (χ3n) is 1.75. The zero-order valence-electron chi connectivity index (χ0n) is 7.93. The highest BCUT2D eigenvalue weighted by Crippen LogP contribution is 2.21. The molecule has 1 aromatic carbocycles. The van der Waals surface area contributed by atoms with Crippen molar-refractivity contribution in [1.82, 2.24) is 20.6 Å². The normalized spacial score (nSPS) is 11.1. The van der Waals surface area contributed by atoms with Gasteiger partial charge in [0.25, 0.3) is 0 Å². The van der Waals surface area contributed by atoms with Gasteiger partial charge in [0.15, 0.2) is 0 Å². The van der Waals surface area contributed by atoms with Gasteiger partial charge in [-0.25, -0.2) is 0 Å². The van der Waals surface area contributed by atoms with Crippen LogP contribution in [0.1, 0.15) is 5.56 Å². The van der Waals surface area contributed by atoms with Crippen LogP contribution in [0.25, 0.3) is 0 Å². The smallest absolute Gasteiger partial charge is 0.180 e. The number of aromatic amines is 1. The molecule has 6 nitrogen and oxygen atoms in total. The first-order valence-electron chi connectivity index (χ1n) is 4.30. The minimum Gasteiger partial charge on any atom is -0.180 e. The van der Waals surface area contributed by atoms with E-state index in [2.05, 4.69) is 30.9 Å². The van der Waals surface area contributed by atoms with Crippen LogP contribution in [0.15, 0.2) is 28.4 Å². The molecule has 8 heteroatoms. The maximum absolute atomic E-state index is 5.95. The molecule has 1 heterocycles. The lowest BCUT2D eigenvalue weighted by Gasteiger charge is -1.99. The highest BCUT2D eigenvalue weighted by atomic mass is 35.5. The topological polar surface area (TPSA) is 79.2 Å². The average molecular weight is 257 g/mol. The third kappa shape index (κ3) is 2.74. The molecule has 0 bridgehead atoms. The van der Waals surface area contributed by atoms with Crippen LogP contribution in [0.4, 0.5) is 5.95 Å². The summed E-state index contributed by atoms with van der Waals surface area (Å²) in [5, 5.41) is 21.6. The molecular weight excluding hydrogens is 251 g/mol. The molecule has 0 spiro atoms. The van der Waals surface area contributed by atoms with Crippen LogP contribution < -0.4 is 0 Å². The lowest BCUT2D eigenvalue weighted by atomic mass is 10.2. The Balaban J connectivity index is 2.05. The van der Waals surface area contributed by atoms with Gasteiger partial charge in [0.05, 0.1) is 6.54 Å². The first kappa shape index (κ1) is 11.0. The summed E-state index contributed by atoms with van der Waals surface area (Å²) < 4.78 is 0. The van der Waals surface area contributed by atoms with Crippen LogP contribution in [-0.4, -0.2) is 20.6 Å². The minimum absolute atomic E-state index is 0.185. The number of tetrazole rings is 1. The van der Waals surface area contributed by atoms with Crippen LogP contribution in [0, 0.1) is 0 Å². The molecule has 0 aliphatic heterocycles. The molecule has 0 fully saturated rings. The minimum atomic E-state index is 0.185. The van der Waals surface area contributed by atoms with Gasteiger partial charge in [0, 0.05) is 10.0 Å². The Labute approximate surface area is 101 Å². The standard InChI is InChI=1S/C8H6Cl2N6/c9-6-2-1-5(7(10)3-6)4-11-12-8-13-15-16-14-8/h1-3H,4H2,(H,13,14,15,16). The van der Waals surface area contributed by atoms with E-state index in [4.69, 9.17) is 23.2 Å². The van der Waals surface area contributed by atoms with Crippen molar-refractivity contribution in [3.05, 3.63) is 33.8 Å². The lowest BCUT2D eigenvalue weighted by molar-refractivity contribution is 0.881. The molecular formula is C8H6Cl2N6. The Hall–Kier alpha value is -1.53. The Morgan fingerprint density at radius 2 is 2.19 bits per heavy atom. The number of rotatable bonds is 3. The lowest BCUT2D eigenvalue weighted by Crippen LogP contribution is -1.82. The zero-order valence-corrected chi connectivity index (χ0v) is 9.44. The molecule has 0 aliphatic rings. The molecule has 0 saturated heterocycles. The molecule has 2 rings (SSSR count). The first-order valence-corrected chi connectivity index (χ1v) is 5.06. The van der Waals surface area contributed by atoms with Gasteiger partial charge in [-0.15, -0.1) is 10.2 Å². The molecule has 0 atom stereocenters. The summed E-state index contributed by atoms with van der Waals surface area (Å²) in [6.45, 7) is 0.338. The second-order valence-corrected chi connectivity index (χ2v) is 3.69. The van der Waals surface area contributed by atoms with Crippen molar-refractivity contribution in [2.75, 3.05) is 0 Å².